The fourth-order valence-electron chi connectivity index (χ4n) is 5.99. The van der Waals surface area contributed by atoms with Gasteiger partial charge in [-0.05, 0) is 73.6 Å². The van der Waals surface area contributed by atoms with E-state index in [0.717, 1.165) is 33.2 Å². The zero-order valence-corrected chi connectivity index (χ0v) is 21.1. The molecule has 5 rings (SSSR count). The number of ether oxygens (including phenoxy) is 2. The first-order valence-corrected chi connectivity index (χ1v) is 12.3. The number of nitrogens with one attached hydrogen (secondary N) is 1. The van der Waals surface area contributed by atoms with Crippen molar-refractivity contribution in [1.82, 2.24) is 14.8 Å². The van der Waals surface area contributed by atoms with Crippen LogP contribution in [-0.4, -0.2) is 52.3 Å². The molecule has 0 radical (unpaired) electrons. The first kappa shape index (κ1) is 24.5. The van der Waals surface area contributed by atoms with Crippen LogP contribution in [-0.2, 0) is 19.7 Å². The van der Waals surface area contributed by atoms with Gasteiger partial charge in [0.25, 0.3) is 0 Å². The van der Waals surface area contributed by atoms with Crippen LogP contribution in [0.4, 0.5) is 4.39 Å². The van der Waals surface area contributed by atoms with Crippen LogP contribution in [0, 0.1) is 5.82 Å². The highest BCUT2D eigenvalue weighted by molar-refractivity contribution is 5.99. The molecule has 2 aromatic heterocycles. The molecular weight excluding hydrogens is 461 g/mol. The van der Waals surface area contributed by atoms with Crippen LogP contribution in [0.3, 0.4) is 0 Å². The number of methoxy groups -OCH3 is 2. The highest BCUT2D eigenvalue weighted by Crippen LogP contribution is 2.48. The number of aromatic amines is 1. The first-order valence-electron chi connectivity index (χ1n) is 12.3. The number of aromatic nitrogens is 3. The molecule has 0 amide bonds. The normalized spacial score (nSPS) is 20.9. The fourth-order valence-corrected chi connectivity index (χ4v) is 5.99. The van der Waals surface area contributed by atoms with Gasteiger partial charge < -0.3 is 19.1 Å². The van der Waals surface area contributed by atoms with Crippen molar-refractivity contribution in [1.29, 1.82) is 0 Å². The number of carbonyl (C=O) groups is 1. The molecule has 2 N–H and O–H groups in total. The molecule has 4 aromatic rings. The number of nitrogens with zero attached hydrogens (tertiary/aromatic N) is 2. The van der Waals surface area contributed by atoms with E-state index in [4.69, 9.17) is 9.47 Å². The second kappa shape index (κ2) is 9.01. The van der Waals surface area contributed by atoms with E-state index in [1.165, 1.54) is 24.8 Å². The zero-order chi connectivity index (χ0) is 25.7. The highest BCUT2D eigenvalue weighted by atomic mass is 19.1. The maximum absolute atomic E-state index is 13.9. The molecule has 1 aliphatic carbocycles. The summed E-state index contributed by atoms with van der Waals surface area (Å²) in [5.74, 6) is -1.07. The Morgan fingerprint density at radius 1 is 1.22 bits per heavy atom. The van der Waals surface area contributed by atoms with Crippen LogP contribution >= 0.6 is 0 Å². The molecule has 8 heteroatoms. The SMILES string of the molecule is COCC(C)(C)c1c([C@H]2CC[C@](OC)(C(=O)O)CC2)c2cc3[nH]ncc3cc2n1-c1ccc(F)cc1. The minimum absolute atomic E-state index is 0.128. The van der Waals surface area contributed by atoms with Gasteiger partial charge in [-0.25, -0.2) is 9.18 Å². The number of benzene rings is 2. The van der Waals surface area contributed by atoms with E-state index in [1.807, 2.05) is 0 Å². The monoisotopic (exact) mass is 493 g/mol. The molecular formula is C28H32FN3O4. The van der Waals surface area contributed by atoms with Gasteiger partial charge in [0.2, 0.25) is 0 Å². The lowest BCUT2D eigenvalue weighted by Gasteiger charge is -2.37. The maximum Gasteiger partial charge on any atom is 0.335 e. The number of halogens is 1. The molecule has 1 saturated carbocycles. The number of hydrogen-bond acceptors (Lipinski definition) is 4. The van der Waals surface area contributed by atoms with Crippen LogP contribution in [0.2, 0.25) is 0 Å². The second-order valence-corrected chi connectivity index (χ2v) is 10.5. The number of H-pyrrole nitrogens is 1. The van der Waals surface area contributed by atoms with Crippen molar-refractivity contribution >= 4 is 27.8 Å². The van der Waals surface area contributed by atoms with Crippen LogP contribution in [0.1, 0.15) is 56.7 Å². The standard InChI is InChI=1S/C28H32FN3O4/c1-27(2,16-35-3)25-24(17-9-11-28(36-4,12-10-17)26(33)34)21-14-22-18(15-30-31-22)13-23(21)32(25)20-7-5-19(29)6-8-20/h5-8,13-15,17H,9-12,16H2,1-4H3,(H,30,31)(H,33,34)/t17-,28+. The molecule has 0 bridgehead atoms. The molecule has 36 heavy (non-hydrogen) atoms. The number of fused-ring (bicyclic) bond motifs is 2. The minimum Gasteiger partial charge on any atom is -0.479 e. The summed E-state index contributed by atoms with van der Waals surface area (Å²) in [6, 6.07) is 10.8. The summed E-state index contributed by atoms with van der Waals surface area (Å²) in [7, 11) is 3.18. The minimum atomic E-state index is -1.15. The van der Waals surface area contributed by atoms with E-state index in [-0.39, 0.29) is 17.2 Å². The summed E-state index contributed by atoms with van der Waals surface area (Å²) < 4.78 is 27.3. The maximum atomic E-state index is 13.9. The van der Waals surface area contributed by atoms with Crippen molar-refractivity contribution in [3.8, 4) is 5.69 Å². The predicted molar refractivity (Wildman–Crippen MR) is 136 cm³/mol. The van der Waals surface area contributed by atoms with E-state index < -0.39 is 11.6 Å². The summed E-state index contributed by atoms with van der Waals surface area (Å²) in [5.41, 5.74) is 3.55. The van der Waals surface area contributed by atoms with Crippen molar-refractivity contribution in [2.24, 2.45) is 0 Å². The lowest BCUT2D eigenvalue weighted by atomic mass is 9.73. The average Bonchev–Trinajstić information content (AvgIpc) is 3.45. The number of hydrogen-bond donors (Lipinski definition) is 2. The topological polar surface area (TPSA) is 89.4 Å². The Morgan fingerprint density at radius 3 is 2.53 bits per heavy atom. The van der Waals surface area contributed by atoms with E-state index >= 15 is 0 Å². The third-order valence-corrected chi connectivity index (χ3v) is 7.78. The van der Waals surface area contributed by atoms with E-state index in [0.29, 0.717) is 32.3 Å². The summed E-state index contributed by atoms with van der Waals surface area (Å²) >= 11 is 0. The predicted octanol–water partition coefficient (Wildman–Crippen LogP) is 5.70. The molecule has 2 aromatic carbocycles. The van der Waals surface area contributed by atoms with Gasteiger partial charge in [0.15, 0.2) is 5.60 Å². The zero-order valence-electron chi connectivity index (χ0n) is 21.1. The van der Waals surface area contributed by atoms with Gasteiger partial charge in [-0.3, -0.25) is 5.10 Å². The average molecular weight is 494 g/mol. The summed E-state index contributed by atoms with van der Waals surface area (Å²) in [6.45, 7) is 4.79. The Kier molecular flexibility index (Phi) is 6.12. The summed E-state index contributed by atoms with van der Waals surface area (Å²) in [4.78, 5) is 12.0. The molecule has 1 fully saturated rings. The third kappa shape index (κ3) is 3.89. The van der Waals surface area contributed by atoms with Crippen LogP contribution in [0.5, 0.6) is 0 Å². The Labute approximate surface area is 209 Å². The van der Waals surface area contributed by atoms with Crippen molar-refractivity contribution in [3.05, 3.63) is 59.7 Å². The Morgan fingerprint density at radius 2 is 1.92 bits per heavy atom. The van der Waals surface area contributed by atoms with Crippen molar-refractivity contribution in [2.75, 3.05) is 20.8 Å². The first-order chi connectivity index (χ1) is 17.2. The molecule has 0 atom stereocenters. The molecule has 190 valence electrons. The van der Waals surface area contributed by atoms with E-state index in [1.54, 1.807) is 25.4 Å². The summed E-state index contributed by atoms with van der Waals surface area (Å²) in [5, 5.41) is 19.2. The van der Waals surface area contributed by atoms with Gasteiger partial charge in [0, 0.05) is 41.8 Å². The van der Waals surface area contributed by atoms with Gasteiger partial charge >= 0.3 is 5.97 Å². The number of carboxylic acid groups (broad SMARTS) is 1. The van der Waals surface area contributed by atoms with Crippen molar-refractivity contribution in [2.45, 2.75) is 56.5 Å². The molecule has 0 saturated heterocycles. The number of carboxylic acids is 1. The number of aliphatic carboxylic acids is 1. The lowest BCUT2D eigenvalue weighted by molar-refractivity contribution is -0.166. The molecule has 7 nitrogen and oxygen atoms in total. The molecule has 1 aliphatic rings. The van der Waals surface area contributed by atoms with Gasteiger partial charge in [0.1, 0.15) is 5.82 Å². The lowest BCUT2D eigenvalue weighted by Crippen LogP contribution is -2.43. The van der Waals surface area contributed by atoms with Gasteiger partial charge in [-0.2, -0.15) is 5.10 Å². The van der Waals surface area contributed by atoms with Crippen LogP contribution in [0.15, 0.2) is 42.6 Å². The Hall–Kier alpha value is -3.23. The van der Waals surface area contributed by atoms with E-state index in [2.05, 4.69) is 40.7 Å². The second-order valence-electron chi connectivity index (χ2n) is 10.5. The molecule has 2 heterocycles. The fraction of sp³-hybridized carbons (Fsp3) is 0.429. The third-order valence-electron chi connectivity index (χ3n) is 7.78. The summed E-state index contributed by atoms with van der Waals surface area (Å²) in [6.07, 6.45) is 4.03. The highest BCUT2D eigenvalue weighted by Gasteiger charge is 2.44. The van der Waals surface area contributed by atoms with Crippen molar-refractivity contribution in [3.63, 3.8) is 0 Å². The van der Waals surface area contributed by atoms with Gasteiger partial charge in [-0.1, -0.05) is 13.8 Å². The van der Waals surface area contributed by atoms with Crippen molar-refractivity contribution < 1.29 is 23.8 Å². The molecule has 0 aliphatic heterocycles. The number of rotatable bonds is 7. The molecule has 0 spiro atoms. The van der Waals surface area contributed by atoms with Crippen LogP contribution in [0.25, 0.3) is 27.5 Å². The van der Waals surface area contributed by atoms with Gasteiger partial charge in [0.05, 0.1) is 23.8 Å². The van der Waals surface area contributed by atoms with E-state index in [9.17, 15) is 14.3 Å². The van der Waals surface area contributed by atoms with Crippen LogP contribution < -0.4 is 0 Å². The Balaban J connectivity index is 1.79. The molecule has 0 unspecified atom stereocenters. The largest absolute Gasteiger partial charge is 0.479 e. The Bertz CT molecular complexity index is 1410. The smallest absolute Gasteiger partial charge is 0.335 e. The quantitative estimate of drug-likeness (QED) is 0.345. The van der Waals surface area contributed by atoms with Gasteiger partial charge in [-0.15, -0.1) is 0 Å².